The van der Waals surface area contributed by atoms with E-state index in [9.17, 15) is 14.4 Å². The first kappa shape index (κ1) is 20.3. The normalized spacial score (nSPS) is 25.6. The lowest BCUT2D eigenvalue weighted by Gasteiger charge is -2.19. The largest absolute Gasteiger partial charge is 0.497 e. The number of anilines is 2. The molecule has 7 nitrogen and oxygen atoms in total. The topological polar surface area (TPSA) is 84.9 Å². The first-order valence-electron chi connectivity index (χ1n) is 10.6. The van der Waals surface area contributed by atoms with Crippen LogP contribution >= 0.6 is 0 Å². The van der Waals surface area contributed by atoms with E-state index in [2.05, 4.69) is 11.4 Å². The van der Waals surface area contributed by atoms with Crippen LogP contribution in [0.3, 0.4) is 0 Å². The minimum atomic E-state index is -0.325. The van der Waals surface area contributed by atoms with E-state index in [-0.39, 0.29) is 41.4 Å². The van der Waals surface area contributed by atoms with Gasteiger partial charge >= 0.3 is 0 Å². The molecule has 2 aliphatic carbocycles. The van der Waals surface area contributed by atoms with Crippen LogP contribution in [0.4, 0.5) is 11.4 Å². The maximum atomic E-state index is 13.1. The van der Waals surface area contributed by atoms with Gasteiger partial charge in [-0.15, -0.1) is 0 Å². The number of nitrogens with one attached hydrogen (secondary N) is 1. The Bertz CT molecular complexity index is 1150. The number of carbonyl (C=O) groups excluding carboxylic acids is 3. The number of hydrogen-bond donors (Lipinski definition) is 1. The van der Waals surface area contributed by atoms with Gasteiger partial charge in [0.2, 0.25) is 11.8 Å². The van der Waals surface area contributed by atoms with Crippen molar-refractivity contribution in [3.63, 3.8) is 0 Å². The van der Waals surface area contributed by atoms with Crippen molar-refractivity contribution in [1.82, 2.24) is 0 Å². The molecule has 1 saturated carbocycles. The summed E-state index contributed by atoms with van der Waals surface area (Å²) in [6.07, 6.45) is 3.06. The molecule has 2 fully saturated rings. The molecule has 0 unspecified atom stereocenters. The molecule has 2 aromatic carbocycles. The number of allylic oxidation sites excluding steroid dienone is 2. The molecule has 1 heterocycles. The van der Waals surface area contributed by atoms with Crippen LogP contribution in [0.1, 0.15) is 23.7 Å². The quantitative estimate of drug-likeness (QED) is 0.576. The van der Waals surface area contributed by atoms with E-state index >= 15 is 0 Å². The van der Waals surface area contributed by atoms with Crippen molar-refractivity contribution in [1.29, 1.82) is 0 Å². The first-order valence-corrected chi connectivity index (χ1v) is 10.6. The number of fused-ring (bicyclic) bond motifs is 5. The predicted molar refractivity (Wildman–Crippen MR) is 119 cm³/mol. The maximum Gasteiger partial charge on any atom is 0.255 e. The lowest BCUT2D eigenvalue weighted by atomic mass is 9.82. The zero-order chi connectivity index (χ0) is 22.6. The van der Waals surface area contributed by atoms with Crippen molar-refractivity contribution < 1.29 is 23.9 Å². The highest BCUT2D eigenvalue weighted by molar-refractivity contribution is 6.23. The second kappa shape index (κ2) is 7.51. The fourth-order valence-corrected chi connectivity index (χ4v) is 5.39. The van der Waals surface area contributed by atoms with Gasteiger partial charge in [0.15, 0.2) is 0 Å². The van der Waals surface area contributed by atoms with E-state index in [4.69, 9.17) is 9.47 Å². The minimum Gasteiger partial charge on any atom is -0.497 e. The first-order chi connectivity index (χ1) is 15.4. The SMILES string of the molecule is COc1ccc(NC(=O)c2ccc(N3C(=O)[C@@H]4[C@@H](C3=O)[C@H]3C=C(C)[C@H]4C3)cc2)c(OC)c1. The van der Waals surface area contributed by atoms with Crippen LogP contribution in [0, 0.1) is 23.7 Å². The molecule has 32 heavy (non-hydrogen) atoms. The molecule has 2 aromatic rings. The molecule has 5 rings (SSSR count). The third kappa shape index (κ3) is 2.99. The Kier molecular flexibility index (Phi) is 4.77. The number of carbonyl (C=O) groups is 3. The number of amides is 3. The molecular weight excluding hydrogens is 408 g/mol. The maximum absolute atomic E-state index is 13.1. The van der Waals surface area contributed by atoms with Crippen LogP contribution < -0.4 is 19.7 Å². The Balaban J connectivity index is 1.34. The van der Waals surface area contributed by atoms with Gasteiger partial charge in [0, 0.05) is 11.6 Å². The highest BCUT2D eigenvalue weighted by Gasteiger charge is 2.60. The third-order valence-electron chi connectivity index (χ3n) is 6.93. The van der Waals surface area contributed by atoms with Crippen LogP contribution in [-0.2, 0) is 9.59 Å². The Hall–Kier alpha value is -3.61. The lowest BCUT2D eigenvalue weighted by molar-refractivity contribution is -0.123. The fraction of sp³-hybridized carbons (Fsp3) is 0.320. The van der Waals surface area contributed by atoms with Gasteiger partial charge in [-0.2, -0.15) is 0 Å². The van der Waals surface area contributed by atoms with E-state index in [0.29, 0.717) is 28.4 Å². The minimum absolute atomic E-state index is 0.125. The zero-order valence-electron chi connectivity index (χ0n) is 18.1. The summed E-state index contributed by atoms with van der Waals surface area (Å²) >= 11 is 0. The van der Waals surface area contributed by atoms with E-state index in [1.54, 1.807) is 49.6 Å². The van der Waals surface area contributed by atoms with Crippen molar-refractivity contribution in [3.05, 3.63) is 59.7 Å². The second-order valence-corrected chi connectivity index (χ2v) is 8.55. The third-order valence-corrected chi connectivity index (χ3v) is 6.93. The van der Waals surface area contributed by atoms with E-state index in [1.165, 1.54) is 17.6 Å². The molecular formula is C25H24N2O5. The Morgan fingerprint density at radius 2 is 1.72 bits per heavy atom. The van der Waals surface area contributed by atoms with Gasteiger partial charge in [-0.1, -0.05) is 11.6 Å². The summed E-state index contributed by atoms with van der Waals surface area (Å²) in [6, 6.07) is 11.7. The molecule has 1 aliphatic heterocycles. The van der Waals surface area contributed by atoms with Gasteiger partial charge in [-0.25, -0.2) is 0 Å². The molecule has 0 aromatic heterocycles. The summed E-state index contributed by atoms with van der Waals surface area (Å²) in [7, 11) is 3.07. The molecule has 1 N–H and O–H groups in total. The molecule has 3 aliphatic rings. The average Bonchev–Trinajstić information content (AvgIpc) is 3.44. The molecule has 7 heteroatoms. The van der Waals surface area contributed by atoms with Gasteiger partial charge < -0.3 is 14.8 Å². The Morgan fingerprint density at radius 1 is 1.00 bits per heavy atom. The number of methoxy groups -OCH3 is 2. The highest BCUT2D eigenvalue weighted by Crippen LogP contribution is 2.55. The van der Waals surface area contributed by atoms with Gasteiger partial charge in [-0.05, 0) is 61.6 Å². The van der Waals surface area contributed by atoms with Crippen molar-refractivity contribution in [2.45, 2.75) is 13.3 Å². The van der Waals surface area contributed by atoms with Gasteiger partial charge in [0.05, 0.1) is 37.4 Å². The van der Waals surface area contributed by atoms with Crippen molar-refractivity contribution in [2.75, 3.05) is 24.4 Å². The summed E-state index contributed by atoms with van der Waals surface area (Å²) in [4.78, 5) is 40.2. The molecule has 1 saturated heterocycles. The van der Waals surface area contributed by atoms with Crippen LogP contribution in [0.25, 0.3) is 0 Å². The number of nitrogens with zero attached hydrogens (tertiary/aromatic N) is 1. The summed E-state index contributed by atoms with van der Waals surface area (Å²) in [5.41, 5.74) is 2.65. The summed E-state index contributed by atoms with van der Waals surface area (Å²) in [6.45, 7) is 2.05. The van der Waals surface area contributed by atoms with Gasteiger partial charge in [-0.3, -0.25) is 19.3 Å². The van der Waals surface area contributed by atoms with Crippen LogP contribution in [0.5, 0.6) is 11.5 Å². The lowest BCUT2D eigenvalue weighted by Crippen LogP contribution is -2.33. The van der Waals surface area contributed by atoms with Crippen LogP contribution in [0.15, 0.2) is 54.1 Å². The number of imide groups is 1. The van der Waals surface area contributed by atoms with Crippen molar-refractivity contribution in [3.8, 4) is 11.5 Å². The van der Waals surface area contributed by atoms with Gasteiger partial charge in [0.1, 0.15) is 11.5 Å². The summed E-state index contributed by atoms with van der Waals surface area (Å²) in [5, 5.41) is 2.82. The van der Waals surface area contributed by atoms with E-state index in [0.717, 1.165) is 6.42 Å². The fourth-order valence-electron chi connectivity index (χ4n) is 5.39. The highest BCUT2D eigenvalue weighted by atomic mass is 16.5. The summed E-state index contributed by atoms with van der Waals surface area (Å²) in [5.74, 6) is 0.363. The predicted octanol–water partition coefficient (Wildman–Crippen LogP) is 3.66. The monoisotopic (exact) mass is 432 g/mol. The van der Waals surface area contributed by atoms with Crippen molar-refractivity contribution >= 4 is 29.1 Å². The number of hydrogen-bond acceptors (Lipinski definition) is 5. The standard InChI is InChI=1S/C25H24N2O5/c1-13-10-15-11-18(13)22-21(15)24(29)27(25(22)30)16-6-4-14(5-7-16)23(28)26-19-9-8-17(31-2)12-20(19)32-3/h4-10,12,15,18,21-22H,11H2,1-3H3,(H,26,28)/t15-,18+,21-,22-/m0/s1. The molecule has 164 valence electrons. The molecule has 4 atom stereocenters. The van der Waals surface area contributed by atoms with E-state index in [1.807, 2.05) is 6.92 Å². The van der Waals surface area contributed by atoms with E-state index < -0.39 is 0 Å². The van der Waals surface area contributed by atoms with Crippen LogP contribution in [0.2, 0.25) is 0 Å². The van der Waals surface area contributed by atoms with Crippen molar-refractivity contribution in [2.24, 2.45) is 23.7 Å². The molecule has 0 radical (unpaired) electrons. The second-order valence-electron chi connectivity index (χ2n) is 8.55. The van der Waals surface area contributed by atoms with Crippen LogP contribution in [-0.4, -0.2) is 31.9 Å². The molecule has 0 spiro atoms. The number of ether oxygens (including phenoxy) is 2. The number of benzene rings is 2. The Morgan fingerprint density at radius 3 is 2.41 bits per heavy atom. The number of rotatable bonds is 5. The molecule has 2 bridgehead atoms. The average molecular weight is 432 g/mol. The smallest absolute Gasteiger partial charge is 0.255 e. The summed E-state index contributed by atoms with van der Waals surface area (Å²) < 4.78 is 10.5. The zero-order valence-corrected chi connectivity index (χ0v) is 18.1. The Labute approximate surface area is 186 Å². The molecule has 3 amide bonds. The van der Waals surface area contributed by atoms with Gasteiger partial charge in [0.25, 0.3) is 5.91 Å².